The van der Waals surface area contributed by atoms with Gasteiger partial charge in [-0.25, -0.2) is 0 Å². The second-order valence-corrected chi connectivity index (χ2v) is 6.94. The highest BCUT2D eigenvalue weighted by molar-refractivity contribution is 6.62. The zero-order valence-electron chi connectivity index (χ0n) is 16.3. The lowest BCUT2D eigenvalue weighted by atomic mass is 9.78. The van der Waals surface area contributed by atoms with Crippen molar-refractivity contribution in [3.8, 4) is 0 Å². The van der Waals surface area contributed by atoms with E-state index in [1.54, 1.807) is 0 Å². The van der Waals surface area contributed by atoms with Crippen LogP contribution in [0.1, 0.15) is 73.8 Å². The largest absolute Gasteiger partial charge is 0.494 e. The van der Waals surface area contributed by atoms with Gasteiger partial charge in [-0.15, -0.1) is 0 Å². The molecular formula is C20H35BO4. The maximum absolute atomic E-state index is 11.4. The number of benzene rings is 1. The zero-order valence-corrected chi connectivity index (χ0v) is 16.3. The highest BCUT2D eigenvalue weighted by Crippen LogP contribution is 2.36. The van der Waals surface area contributed by atoms with Gasteiger partial charge in [-0.3, -0.25) is 4.79 Å². The Bertz CT molecular complexity index is 521. The smallest absolute Gasteiger partial charge is 0.469 e. The van der Waals surface area contributed by atoms with Gasteiger partial charge in [0.05, 0.1) is 24.7 Å². The van der Waals surface area contributed by atoms with Crippen LogP contribution in [0, 0.1) is 0 Å². The molecule has 1 unspecified atom stereocenters. The summed E-state index contributed by atoms with van der Waals surface area (Å²) in [5.74, 6) is -0.0673. The van der Waals surface area contributed by atoms with Gasteiger partial charge in [0, 0.05) is 0 Å². The summed E-state index contributed by atoms with van der Waals surface area (Å²) in [6, 6.07) is 8.05. The first-order chi connectivity index (χ1) is 11.2. The molecule has 0 bridgehead atoms. The summed E-state index contributed by atoms with van der Waals surface area (Å²) < 4.78 is 16.8. The second-order valence-electron chi connectivity index (χ2n) is 6.94. The van der Waals surface area contributed by atoms with Crippen molar-refractivity contribution in [3.05, 3.63) is 29.8 Å². The quantitative estimate of drug-likeness (QED) is 0.599. The number of hydrogen-bond donors (Lipinski definition) is 0. The molecule has 1 heterocycles. The molecule has 0 aromatic heterocycles. The molecule has 25 heavy (non-hydrogen) atoms. The van der Waals surface area contributed by atoms with Gasteiger partial charge in [-0.2, -0.15) is 0 Å². The van der Waals surface area contributed by atoms with Crippen molar-refractivity contribution in [2.75, 3.05) is 7.11 Å². The van der Waals surface area contributed by atoms with Gasteiger partial charge in [-0.1, -0.05) is 52.5 Å². The van der Waals surface area contributed by atoms with Crippen LogP contribution in [0.15, 0.2) is 24.3 Å². The molecule has 1 fully saturated rings. The summed E-state index contributed by atoms with van der Waals surface area (Å²) in [5.41, 5.74) is 1.42. The lowest BCUT2D eigenvalue weighted by Crippen LogP contribution is -2.41. The van der Waals surface area contributed by atoms with Gasteiger partial charge in [0.25, 0.3) is 0 Å². The van der Waals surface area contributed by atoms with Crippen molar-refractivity contribution in [3.63, 3.8) is 0 Å². The van der Waals surface area contributed by atoms with Crippen LogP contribution < -0.4 is 5.46 Å². The Morgan fingerprint density at radius 1 is 1.08 bits per heavy atom. The molecule has 0 spiro atoms. The molecule has 1 saturated heterocycles. The van der Waals surface area contributed by atoms with Crippen LogP contribution in [-0.2, 0) is 18.8 Å². The summed E-state index contributed by atoms with van der Waals surface area (Å²) in [5, 5.41) is 0. The minimum absolute atomic E-state index is 0. The molecule has 5 heteroatoms. The fourth-order valence-corrected chi connectivity index (χ4v) is 2.41. The molecule has 1 aromatic carbocycles. The van der Waals surface area contributed by atoms with Gasteiger partial charge in [-0.05, 0) is 44.6 Å². The zero-order chi connectivity index (χ0) is 18.5. The molecule has 142 valence electrons. The Hall–Kier alpha value is -1.33. The first-order valence-corrected chi connectivity index (χ1v) is 8.68. The molecule has 0 saturated carbocycles. The van der Waals surface area contributed by atoms with Crippen LogP contribution >= 0.6 is 0 Å². The standard InChI is InChI=1S/C17H25BO4.C2H6.CH4/c1-12(11-15(19)20-6)13-7-9-14(10-8-13)18-21-16(2,3)17(4,5)22-18;1-2;/h7-10,12H,11H2,1-6H3;1-2H3;1H4. The lowest BCUT2D eigenvalue weighted by Gasteiger charge is -2.32. The maximum Gasteiger partial charge on any atom is 0.494 e. The summed E-state index contributed by atoms with van der Waals surface area (Å²) in [4.78, 5) is 11.4. The van der Waals surface area contributed by atoms with E-state index in [0.717, 1.165) is 11.0 Å². The number of carbonyl (C=O) groups excluding carboxylic acids is 1. The minimum Gasteiger partial charge on any atom is -0.469 e. The SMILES string of the molecule is C.CC.COC(=O)CC(C)c1ccc(B2OC(C)(C)C(C)(C)O2)cc1. The topological polar surface area (TPSA) is 44.8 Å². The van der Waals surface area contributed by atoms with Crippen molar-refractivity contribution in [1.82, 2.24) is 0 Å². The Kier molecular flexibility index (Phi) is 8.90. The van der Waals surface area contributed by atoms with Crippen LogP contribution in [0.4, 0.5) is 0 Å². The molecule has 0 N–H and O–H groups in total. The second kappa shape index (κ2) is 9.39. The predicted octanol–water partition coefficient (Wildman–Crippen LogP) is 4.31. The van der Waals surface area contributed by atoms with Gasteiger partial charge in [0.15, 0.2) is 0 Å². The Labute approximate surface area is 154 Å². The van der Waals surface area contributed by atoms with Crippen LogP contribution in [0.5, 0.6) is 0 Å². The molecule has 1 aromatic rings. The third kappa shape index (κ3) is 5.58. The van der Waals surface area contributed by atoms with Crippen molar-refractivity contribution in [1.29, 1.82) is 0 Å². The Morgan fingerprint density at radius 2 is 1.52 bits per heavy atom. The van der Waals surface area contributed by atoms with E-state index in [0.29, 0.717) is 6.42 Å². The molecule has 1 aliphatic heterocycles. The van der Waals surface area contributed by atoms with E-state index in [9.17, 15) is 4.79 Å². The number of carbonyl (C=O) groups is 1. The van der Waals surface area contributed by atoms with Crippen LogP contribution in [0.2, 0.25) is 0 Å². The maximum atomic E-state index is 11.4. The number of hydrogen-bond acceptors (Lipinski definition) is 4. The fraction of sp³-hybridized carbons (Fsp3) is 0.650. The third-order valence-electron chi connectivity index (χ3n) is 4.73. The summed E-state index contributed by atoms with van der Waals surface area (Å²) in [6.07, 6.45) is 0.381. The Morgan fingerprint density at radius 3 is 1.92 bits per heavy atom. The number of rotatable bonds is 4. The van der Waals surface area contributed by atoms with Crippen molar-refractivity contribution >= 4 is 18.6 Å². The monoisotopic (exact) mass is 350 g/mol. The average molecular weight is 350 g/mol. The summed E-state index contributed by atoms with van der Waals surface area (Å²) in [7, 11) is 1.06. The molecule has 1 aliphatic rings. The highest BCUT2D eigenvalue weighted by Gasteiger charge is 2.51. The number of methoxy groups -OCH3 is 1. The normalized spacial score (nSPS) is 18.5. The summed E-state index contributed by atoms with van der Waals surface area (Å²) >= 11 is 0. The highest BCUT2D eigenvalue weighted by atomic mass is 16.7. The first-order valence-electron chi connectivity index (χ1n) is 8.68. The molecule has 0 radical (unpaired) electrons. The van der Waals surface area contributed by atoms with E-state index < -0.39 is 0 Å². The molecular weight excluding hydrogens is 315 g/mol. The third-order valence-corrected chi connectivity index (χ3v) is 4.73. The van der Waals surface area contributed by atoms with E-state index in [1.807, 2.05) is 72.7 Å². The van der Waals surface area contributed by atoms with E-state index >= 15 is 0 Å². The molecule has 4 nitrogen and oxygen atoms in total. The lowest BCUT2D eigenvalue weighted by molar-refractivity contribution is -0.140. The van der Waals surface area contributed by atoms with Gasteiger partial charge in [0.1, 0.15) is 0 Å². The predicted molar refractivity (Wildman–Crippen MR) is 105 cm³/mol. The number of esters is 1. The molecule has 1 atom stereocenters. The average Bonchev–Trinajstić information content (AvgIpc) is 2.77. The first kappa shape index (κ1) is 23.7. The van der Waals surface area contributed by atoms with E-state index in [1.165, 1.54) is 7.11 Å². The Balaban J connectivity index is 0.00000185. The van der Waals surface area contributed by atoms with E-state index in [4.69, 9.17) is 14.0 Å². The van der Waals surface area contributed by atoms with Crippen LogP contribution in [0.25, 0.3) is 0 Å². The molecule has 0 aliphatic carbocycles. The molecule has 2 rings (SSSR count). The van der Waals surface area contributed by atoms with Crippen molar-refractivity contribution < 1.29 is 18.8 Å². The van der Waals surface area contributed by atoms with Crippen LogP contribution in [-0.4, -0.2) is 31.4 Å². The van der Waals surface area contributed by atoms with Crippen molar-refractivity contribution in [2.24, 2.45) is 0 Å². The van der Waals surface area contributed by atoms with E-state index in [2.05, 4.69) is 0 Å². The van der Waals surface area contributed by atoms with Crippen molar-refractivity contribution in [2.45, 2.75) is 79.4 Å². The van der Waals surface area contributed by atoms with E-state index in [-0.39, 0.29) is 37.6 Å². The minimum atomic E-state index is -0.352. The van der Waals surface area contributed by atoms with Gasteiger partial charge in [0.2, 0.25) is 0 Å². The number of ether oxygens (including phenoxy) is 1. The fourth-order valence-electron chi connectivity index (χ4n) is 2.41. The summed E-state index contributed by atoms with van der Waals surface area (Å²) in [6.45, 7) is 14.2. The molecule has 0 amide bonds. The van der Waals surface area contributed by atoms with Crippen LogP contribution in [0.3, 0.4) is 0 Å². The van der Waals surface area contributed by atoms with Gasteiger partial charge < -0.3 is 14.0 Å². The van der Waals surface area contributed by atoms with Gasteiger partial charge >= 0.3 is 13.1 Å².